The van der Waals surface area contributed by atoms with Crippen LogP contribution in [-0.4, -0.2) is 95.7 Å². The molecule has 0 saturated heterocycles. The van der Waals surface area contributed by atoms with Crippen molar-refractivity contribution in [2.24, 2.45) is 0 Å². The van der Waals surface area contributed by atoms with Crippen LogP contribution in [0.2, 0.25) is 0 Å². The Kier molecular flexibility index (Phi) is 15.6. The number of nitrogens with zero attached hydrogens (tertiary/aromatic N) is 13. The van der Waals surface area contributed by atoms with Crippen LogP contribution in [0.3, 0.4) is 0 Å². The maximum Gasteiger partial charge on any atom is 0.166 e. The van der Waals surface area contributed by atoms with Crippen LogP contribution in [0.1, 0.15) is 122 Å². The van der Waals surface area contributed by atoms with Gasteiger partial charge in [-0.2, -0.15) is 20.4 Å². The van der Waals surface area contributed by atoms with Gasteiger partial charge in [0.15, 0.2) is 23.2 Å². The lowest BCUT2D eigenvalue weighted by Crippen LogP contribution is -2.22. The van der Waals surface area contributed by atoms with E-state index in [0.29, 0.717) is 48.4 Å². The van der Waals surface area contributed by atoms with Crippen molar-refractivity contribution in [1.29, 1.82) is 0 Å². The molecule has 0 atom stereocenters. The van der Waals surface area contributed by atoms with E-state index < -0.39 is 0 Å². The molecule has 8 aromatic rings. The van der Waals surface area contributed by atoms with Gasteiger partial charge in [0, 0.05) is 93.4 Å². The second-order valence-corrected chi connectivity index (χ2v) is 21.8. The number of fused-ring (bicyclic) bond motifs is 2. The minimum Gasteiger partial charge on any atom is -0.323 e. The van der Waals surface area contributed by atoms with Gasteiger partial charge in [-0.3, -0.25) is 28.3 Å². The summed E-state index contributed by atoms with van der Waals surface area (Å²) >= 11 is 0. The minimum atomic E-state index is -0.143. The van der Waals surface area contributed by atoms with Gasteiger partial charge in [-0.15, -0.1) is 0 Å². The Balaban J connectivity index is 0.000000184. The number of Topliss-reactive ketones (excluding diaryl/α,β-unsaturated/α-hetero) is 2. The number of aromatic nitrogens is 12. The summed E-state index contributed by atoms with van der Waals surface area (Å²) in [6.07, 6.45) is 14.6. The van der Waals surface area contributed by atoms with Crippen molar-refractivity contribution in [3.63, 3.8) is 0 Å². The molecule has 0 saturated carbocycles. The van der Waals surface area contributed by atoms with E-state index in [1.807, 2.05) is 38.6 Å². The normalized spacial score (nSPS) is 14.0. The third kappa shape index (κ3) is 13.2. The van der Waals surface area contributed by atoms with Gasteiger partial charge >= 0.3 is 0 Å². The number of nitrogens with one attached hydrogen (secondary N) is 3. The largest absolute Gasteiger partial charge is 0.323 e. The quantitative estimate of drug-likeness (QED) is 0.0871. The van der Waals surface area contributed by atoms with Crippen LogP contribution in [-0.2, 0) is 50.1 Å². The van der Waals surface area contributed by atoms with Gasteiger partial charge in [-0.05, 0) is 129 Å². The van der Waals surface area contributed by atoms with E-state index in [2.05, 4.69) is 172 Å². The van der Waals surface area contributed by atoms with Gasteiger partial charge in [-0.25, -0.2) is 19.9 Å². The lowest BCUT2D eigenvalue weighted by Gasteiger charge is -2.18. The molecule has 2 aliphatic rings. The lowest BCUT2D eigenvalue weighted by atomic mass is 9.98. The monoisotopic (exact) mass is 1010 g/mol. The standard InChI is InChI=1S/C29H36N8O.C28H34N8O/c1-20-13-22(8-7-21(20)9-10-26(38)23-16-32-37(17-23)29(2,3)4)25-15-27(31-19-30-25)33-28-14-24-18-35(5)11-6-12-36(24)34-28;1-19-12-21(7-6-20(19)8-9-25(37)22-15-32-36(17-22)28(2,3)4)24-14-26(31-18-30-24)33-27-13-23-16-29-10-5-11-35(23)34-27/h7-8,13-17,19H,6,9-12,18H2,1-5H3,(H,30,31,33,34);6-7,12-15,17-18,29H,5,8-11,16H2,1-4H3,(H,30,31,33,34). The number of aryl methyl sites for hydroxylation is 6. The van der Waals surface area contributed by atoms with Crippen molar-refractivity contribution >= 4 is 34.8 Å². The number of carbonyl (C=O) groups is 2. The lowest BCUT2D eigenvalue weighted by molar-refractivity contribution is 0.0974. The average Bonchev–Trinajstić information content (AvgIpc) is 4.18. The van der Waals surface area contributed by atoms with E-state index >= 15 is 0 Å². The third-order valence-corrected chi connectivity index (χ3v) is 13.6. The highest BCUT2D eigenvalue weighted by Crippen LogP contribution is 2.28. The Morgan fingerprint density at radius 2 is 1.09 bits per heavy atom. The summed E-state index contributed by atoms with van der Waals surface area (Å²) in [5.74, 6) is 3.21. The number of hydrogen-bond acceptors (Lipinski definition) is 14. The van der Waals surface area contributed by atoms with E-state index in [0.717, 1.165) is 109 Å². The molecule has 0 radical (unpaired) electrons. The molecule has 18 nitrogen and oxygen atoms in total. The Hall–Kier alpha value is -7.70. The van der Waals surface area contributed by atoms with Gasteiger partial charge in [0.25, 0.3) is 0 Å². The van der Waals surface area contributed by atoms with Gasteiger partial charge in [0.1, 0.15) is 24.3 Å². The second kappa shape index (κ2) is 22.4. The Bertz CT molecular complexity index is 3270. The van der Waals surface area contributed by atoms with E-state index in [9.17, 15) is 9.59 Å². The molecule has 0 fully saturated rings. The predicted octanol–water partition coefficient (Wildman–Crippen LogP) is 9.65. The first-order valence-corrected chi connectivity index (χ1v) is 26.0. The molecule has 3 N–H and O–H groups in total. The van der Waals surface area contributed by atoms with Crippen molar-refractivity contribution in [1.82, 2.24) is 69.3 Å². The third-order valence-electron chi connectivity index (χ3n) is 13.6. The number of benzene rings is 2. The summed E-state index contributed by atoms with van der Waals surface area (Å²) in [7, 11) is 2.14. The van der Waals surface area contributed by atoms with Crippen LogP contribution >= 0.6 is 0 Å². The molecule has 10 rings (SSSR count). The average molecular weight is 1010 g/mol. The molecule has 0 unspecified atom stereocenters. The maximum atomic E-state index is 12.8. The van der Waals surface area contributed by atoms with Crippen LogP contribution in [0.5, 0.6) is 0 Å². The summed E-state index contributed by atoms with van der Waals surface area (Å²) in [6.45, 7) is 22.2. The van der Waals surface area contributed by atoms with Crippen LogP contribution < -0.4 is 16.0 Å². The molecule has 2 aliphatic heterocycles. The van der Waals surface area contributed by atoms with Crippen LogP contribution in [0.4, 0.5) is 23.3 Å². The summed E-state index contributed by atoms with van der Waals surface area (Å²) < 4.78 is 7.81. The van der Waals surface area contributed by atoms with Crippen molar-refractivity contribution in [2.75, 3.05) is 30.8 Å². The molecule has 8 heterocycles. The predicted molar refractivity (Wildman–Crippen MR) is 292 cm³/mol. The molecular weight excluding hydrogens is 941 g/mol. The smallest absolute Gasteiger partial charge is 0.166 e. The fourth-order valence-corrected chi connectivity index (χ4v) is 9.26. The topological polar surface area (TPSA) is 196 Å². The molecular formula is C57H70N16O2. The number of ketones is 2. The Morgan fingerprint density at radius 3 is 1.59 bits per heavy atom. The Morgan fingerprint density at radius 1 is 0.600 bits per heavy atom. The molecule has 0 amide bonds. The SMILES string of the molecule is Cc1cc(-c2cc(Nc3cc4n(n3)CCCN(C)C4)ncn2)ccc1CCC(=O)c1cnn(C(C)(C)C)c1.Cc1cc(-c2cc(Nc3cc4n(n3)CCCNC4)ncn2)ccc1CCC(=O)c1cnn(C(C)(C)C)c1. The van der Waals surface area contributed by atoms with Crippen LogP contribution in [0, 0.1) is 13.8 Å². The van der Waals surface area contributed by atoms with Gasteiger partial charge < -0.3 is 20.9 Å². The summed E-state index contributed by atoms with van der Waals surface area (Å²) in [5, 5.41) is 28.2. The molecule has 18 heteroatoms. The van der Waals surface area contributed by atoms with E-state index in [4.69, 9.17) is 5.10 Å². The highest BCUT2D eigenvalue weighted by Gasteiger charge is 2.20. The number of anilines is 4. The van der Waals surface area contributed by atoms with E-state index in [-0.39, 0.29) is 22.6 Å². The van der Waals surface area contributed by atoms with Gasteiger partial charge in [-0.1, -0.05) is 24.3 Å². The molecule has 390 valence electrons. The zero-order valence-corrected chi connectivity index (χ0v) is 44.9. The first-order valence-electron chi connectivity index (χ1n) is 26.0. The highest BCUT2D eigenvalue weighted by atomic mass is 16.1. The Labute approximate surface area is 439 Å². The maximum absolute atomic E-state index is 12.8. The fraction of sp³-hybridized carbons (Fsp3) is 0.404. The van der Waals surface area contributed by atoms with Crippen molar-refractivity contribution in [2.45, 2.75) is 131 Å². The second-order valence-electron chi connectivity index (χ2n) is 21.8. The van der Waals surface area contributed by atoms with Crippen molar-refractivity contribution < 1.29 is 9.59 Å². The molecule has 0 spiro atoms. The first-order chi connectivity index (χ1) is 35.9. The molecule has 6 aromatic heterocycles. The summed E-state index contributed by atoms with van der Waals surface area (Å²) in [5.41, 5.74) is 11.7. The summed E-state index contributed by atoms with van der Waals surface area (Å²) in [4.78, 5) is 45.6. The van der Waals surface area contributed by atoms with Crippen molar-refractivity contribution in [3.05, 3.63) is 143 Å². The van der Waals surface area contributed by atoms with Gasteiger partial charge in [0.05, 0.1) is 57.4 Å². The van der Waals surface area contributed by atoms with Crippen LogP contribution in [0.15, 0.2) is 98.1 Å². The first kappa shape index (κ1) is 52.2. The fourth-order valence-electron chi connectivity index (χ4n) is 9.26. The zero-order valence-electron chi connectivity index (χ0n) is 44.9. The molecule has 0 aliphatic carbocycles. The van der Waals surface area contributed by atoms with Crippen molar-refractivity contribution in [3.8, 4) is 22.5 Å². The van der Waals surface area contributed by atoms with Crippen LogP contribution in [0.25, 0.3) is 22.5 Å². The molecule has 0 bridgehead atoms. The van der Waals surface area contributed by atoms with Gasteiger partial charge in [0.2, 0.25) is 0 Å². The number of hydrogen-bond donors (Lipinski definition) is 3. The van der Waals surface area contributed by atoms with E-state index in [1.54, 1.807) is 25.0 Å². The minimum absolute atomic E-state index is 0.109. The summed E-state index contributed by atoms with van der Waals surface area (Å²) in [6, 6.07) is 20.6. The number of carbonyl (C=O) groups excluding carboxylic acids is 2. The molecule has 2 aromatic carbocycles. The highest BCUT2D eigenvalue weighted by molar-refractivity contribution is 5.96. The zero-order chi connectivity index (χ0) is 52.9. The molecule has 75 heavy (non-hydrogen) atoms. The van der Waals surface area contributed by atoms with E-state index in [1.165, 1.54) is 11.4 Å². The number of rotatable bonds is 14.